The van der Waals surface area contributed by atoms with Crippen LogP contribution in [-0.4, -0.2) is 34.7 Å². The van der Waals surface area contributed by atoms with Gasteiger partial charge in [-0.1, -0.05) is 11.3 Å². The quantitative estimate of drug-likeness (QED) is 0.760. The van der Waals surface area contributed by atoms with Gasteiger partial charge in [0.15, 0.2) is 4.34 Å². The van der Waals surface area contributed by atoms with Crippen molar-refractivity contribution in [1.29, 1.82) is 0 Å². The molecular weight excluding hydrogens is 284 g/mol. The van der Waals surface area contributed by atoms with Gasteiger partial charge in [0.1, 0.15) is 11.3 Å². The summed E-state index contributed by atoms with van der Waals surface area (Å²) in [6, 6.07) is 0. The molecule has 0 aromatic carbocycles. The van der Waals surface area contributed by atoms with Crippen molar-refractivity contribution < 1.29 is 0 Å². The zero-order valence-corrected chi connectivity index (χ0v) is 11.4. The van der Waals surface area contributed by atoms with E-state index in [0.717, 1.165) is 9.35 Å². The molecule has 0 radical (unpaired) electrons. The largest absolute Gasteiger partial charge is 0.368 e. The lowest BCUT2D eigenvalue weighted by Gasteiger charge is -2.02. The van der Waals surface area contributed by atoms with Crippen molar-refractivity contribution >= 4 is 29.0 Å². The van der Waals surface area contributed by atoms with E-state index in [0.29, 0.717) is 11.1 Å². The molecule has 0 saturated heterocycles. The number of hydrogen-bond donors (Lipinski definition) is 1. The molecule has 2 N–H and O–H groups in total. The lowest BCUT2D eigenvalue weighted by atomic mass is 10.8. The first-order valence-electron chi connectivity index (χ1n) is 5.18. The summed E-state index contributed by atoms with van der Waals surface area (Å²) in [6.07, 6.45) is 4.97. The van der Waals surface area contributed by atoms with Gasteiger partial charge in [0.2, 0.25) is 17.1 Å². The summed E-state index contributed by atoms with van der Waals surface area (Å²) in [5.74, 6) is 0.580. The Morgan fingerprint density at radius 3 is 2.84 bits per heavy atom. The molecule has 0 bridgehead atoms. The maximum Gasteiger partial charge on any atom is 0.240 e. The predicted octanol–water partition coefficient (Wildman–Crippen LogP) is 0.951. The number of imidazole rings is 1. The van der Waals surface area contributed by atoms with Crippen LogP contribution >= 0.6 is 23.1 Å². The standard InChI is InChI=1S/C9H8N8S2/c1-5-15-16-9(18-5)19-8-13-6(10)12-7(14-8)17-3-2-11-4-17/h2-4H,1H3,(H2,10,12,13,14). The van der Waals surface area contributed by atoms with Crippen molar-refractivity contribution in [2.45, 2.75) is 16.4 Å². The Morgan fingerprint density at radius 2 is 2.16 bits per heavy atom. The normalized spacial score (nSPS) is 10.8. The molecule has 0 aliphatic carbocycles. The summed E-state index contributed by atoms with van der Waals surface area (Å²) in [5, 5.41) is 9.31. The van der Waals surface area contributed by atoms with E-state index in [1.165, 1.54) is 23.1 Å². The summed E-state index contributed by atoms with van der Waals surface area (Å²) >= 11 is 2.78. The Kier molecular flexibility index (Phi) is 3.09. The molecule has 0 unspecified atom stereocenters. The summed E-state index contributed by atoms with van der Waals surface area (Å²) < 4.78 is 2.42. The fraction of sp³-hybridized carbons (Fsp3) is 0.111. The van der Waals surface area contributed by atoms with E-state index >= 15 is 0 Å². The first-order chi connectivity index (χ1) is 9.20. The minimum Gasteiger partial charge on any atom is -0.368 e. The summed E-state index contributed by atoms with van der Waals surface area (Å²) in [6.45, 7) is 1.89. The third-order valence-electron chi connectivity index (χ3n) is 2.04. The smallest absolute Gasteiger partial charge is 0.240 e. The Hall–Kier alpha value is -2.07. The lowest BCUT2D eigenvalue weighted by molar-refractivity contribution is 0.831. The fourth-order valence-corrected chi connectivity index (χ4v) is 2.97. The van der Waals surface area contributed by atoms with E-state index in [-0.39, 0.29) is 5.95 Å². The molecule has 0 amide bonds. The number of aryl methyl sites for hydroxylation is 1. The second-order valence-corrected chi connectivity index (χ2v) is 5.83. The number of anilines is 1. The van der Waals surface area contributed by atoms with Gasteiger partial charge in [-0.25, -0.2) is 4.98 Å². The van der Waals surface area contributed by atoms with E-state index in [4.69, 9.17) is 5.73 Å². The van der Waals surface area contributed by atoms with Gasteiger partial charge in [-0.3, -0.25) is 4.57 Å². The van der Waals surface area contributed by atoms with Crippen LogP contribution in [-0.2, 0) is 0 Å². The van der Waals surface area contributed by atoms with Crippen LogP contribution in [0.2, 0.25) is 0 Å². The van der Waals surface area contributed by atoms with Gasteiger partial charge in [0, 0.05) is 12.4 Å². The van der Waals surface area contributed by atoms with Crippen LogP contribution in [0.15, 0.2) is 28.2 Å². The van der Waals surface area contributed by atoms with Gasteiger partial charge in [-0.2, -0.15) is 15.0 Å². The van der Waals surface area contributed by atoms with Crippen LogP contribution in [0, 0.1) is 6.92 Å². The zero-order valence-electron chi connectivity index (χ0n) is 9.76. The van der Waals surface area contributed by atoms with Gasteiger partial charge in [0.25, 0.3) is 0 Å². The molecule has 3 aromatic heterocycles. The number of nitrogens with zero attached hydrogens (tertiary/aromatic N) is 7. The third kappa shape index (κ3) is 2.69. The van der Waals surface area contributed by atoms with Gasteiger partial charge < -0.3 is 5.73 Å². The Morgan fingerprint density at radius 1 is 1.26 bits per heavy atom. The van der Waals surface area contributed by atoms with Gasteiger partial charge in [0.05, 0.1) is 0 Å². The maximum absolute atomic E-state index is 5.68. The first kappa shape index (κ1) is 12.0. The van der Waals surface area contributed by atoms with Crippen molar-refractivity contribution in [3.8, 4) is 5.95 Å². The molecule has 0 fully saturated rings. The minimum absolute atomic E-state index is 0.155. The molecule has 0 aliphatic rings. The van der Waals surface area contributed by atoms with Gasteiger partial charge in [-0.15, -0.1) is 10.2 Å². The van der Waals surface area contributed by atoms with Crippen LogP contribution in [0.25, 0.3) is 5.95 Å². The highest BCUT2D eigenvalue weighted by Gasteiger charge is 2.10. The van der Waals surface area contributed by atoms with Crippen LogP contribution in [0.4, 0.5) is 5.95 Å². The molecule has 0 atom stereocenters. The maximum atomic E-state index is 5.68. The fourth-order valence-electron chi connectivity index (χ4n) is 1.30. The molecule has 3 aromatic rings. The van der Waals surface area contributed by atoms with Gasteiger partial charge >= 0.3 is 0 Å². The van der Waals surface area contributed by atoms with Crippen LogP contribution in [0.5, 0.6) is 0 Å². The molecule has 8 nitrogen and oxygen atoms in total. The molecule has 10 heteroatoms. The van der Waals surface area contributed by atoms with Crippen molar-refractivity contribution in [3.05, 3.63) is 23.7 Å². The number of rotatable bonds is 3. The van der Waals surface area contributed by atoms with Crippen LogP contribution in [0.1, 0.15) is 5.01 Å². The Bertz CT molecular complexity index is 692. The van der Waals surface area contributed by atoms with Gasteiger partial charge in [-0.05, 0) is 18.7 Å². The second kappa shape index (κ2) is 4.90. The summed E-state index contributed by atoms with van der Waals surface area (Å²) in [4.78, 5) is 16.4. The highest BCUT2D eigenvalue weighted by atomic mass is 32.2. The lowest BCUT2D eigenvalue weighted by Crippen LogP contribution is -2.05. The molecular formula is C9H8N8S2. The SMILES string of the molecule is Cc1nnc(Sc2nc(N)nc(-n3ccnc3)n2)s1. The average Bonchev–Trinajstić information content (AvgIpc) is 3.00. The third-order valence-corrected chi connectivity index (χ3v) is 3.80. The molecule has 0 aliphatic heterocycles. The second-order valence-electron chi connectivity index (χ2n) is 3.44. The van der Waals surface area contributed by atoms with E-state index in [2.05, 4.69) is 30.1 Å². The topological polar surface area (TPSA) is 108 Å². The predicted molar refractivity (Wildman–Crippen MR) is 70.1 cm³/mol. The van der Waals surface area contributed by atoms with E-state index in [1.54, 1.807) is 23.3 Å². The van der Waals surface area contributed by atoms with E-state index in [9.17, 15) is 0 Å². The van der Waals surface area contributed by atoms with Crippen molar-refractivity contribution in [2.24, 2.45) is 0 Å². The van der Waals surface area contributed by atoms with E-state index in [1.807, 2.05) is 6.92 Å². The summed E-state index contributed by atoms with van der Waals surface area (Å²) in [7, 11) is 0. The Balaban J connectivity index is 1.94. The van der Waals surface area contributed by atoms with Crippen molar-refractivity contribution in [1.82, 2.24) is 34.7 Å². The molecule has 96 valence electrons. The van der Waals surface area contributed by atoms with Crippen LogP contribution in [0.3, 0.4) is 0 Å². The van der Waals surface area contributed by atoms with Crippen molar-refractivity contribution in [3.63, 3.8) is 0 Å². The average molecular weight is 292 g/mol. The highest BCUT2D eigenvalue weighted by Crippen LogP contribution is 2.27. The first-order valence-corrected chi connectivity index (χ1v) is 6.82. The van der Waals surface area contributed by atoms with Crippen LogP contribution < -0.4 is 5.73 Å². The summed E-state index contributed by atoms with van der Waals surface area (Å²) in [5.41, 5.74) is 5.68. The molecule has 3 heterocycles. The highest BCUT2D eigenvalue weighted by molar-refractivity contribution is 8.00. The molecule has 3 rings (SSSR count). The Labute approximate surface area is 116 Å². The number of nitrogen functional groups attached to an aromatic ring is 1. The number of hydrogen-bond acceptors (Lipinski definition) is 9. The van der Waals surface area contributed by atoms with Crippen molar-refractivity contribution in [2.75, 3.05) is 5.73 Å². The minimum atomic E-state index is 0.155. The number of aromatic nitrogens is 7. The monoisotopic (exact) mass is 292 g/mol. The molecule has 0 saturated carbocycles. The molecule has 19 heavy (non-hydrogen) atoms. The number of nitrogens with two attached hydrogens (primary N) is 1. The zero-order chi connectivity index (χ0) is 13.2. The van der Waals surface area contributed by atoms with E-state index < -0.39 is 0 Å². The molecule has 0 spiro atoms.